The fourth-order valence-corrected chi connectivity index (χ4v) is 11.7. The summed E-state index contributed by atoms with van der Waals surface area (Å²) in [5.74, 6) is 0. The molecule has 0 aliphatic heterocycles. The molecule has 12 aromatic rings. The van der Waals surface area contributed by atoms with Gasteiger partial charge in [0.25, 0.3) is 0 Å². The lowest BCUT2D eigenvalue weighted by molar-refractivity contribution is 1.43. The van der Waals surface area contributed by atoms with Crippen molar-refractivity contribution in [2.45, 2.75) is 0 Å². The van der Waals surface area contributed by atoms with Crippen molar-refractivity contribution in [3.63, 3.8) is 0 Å². The summed E-state index contributed by atoms with van der Waals surface area (Å²) < 4.78 is 6.51. The molecule has 0 bridgehead atoms. The summed E-state index contributed by atoms with van der Waals surface area (Å²) in [5.41, 5.74) is 12.5. The van der Waals surface area contributed by atoms with E-state index in [9.17, 15) is 0 Å². The molecule has 0 aliphatic rings. The van der Waals surface area contributed by atoms with Crippen LogP contribution in [0.4, 0.5) is 0 Å². The normalized spacial score (nSPS) is 12.0. The molecule has 0 saturated heterocycles. The molecule has 0 amide bonds. The molecular weight excluding hydrogens is 725 g/mol. The maximum atomic E-state index is 5.30. The van der Waals surface area contributed by atoms with Gasteiger partial charge < -0.3 is 0 Å². The van der Waals surface area contributed by atoms with Gasteiger partial charge in [-0.1, -0.05) is 121 Å². The van der Waals surface area contributed by atoms with Gasteiger partial charge in [-0.25, -0.2) is 9.97 Å². The van der Waals surface area contributed by atoms with Gasteiger partial charge in [0.1, 0.15) is 10.3 Å². The van der Waals surface area contributed by atoms with Gasteiger partial charge in [0, 0.05) is 50.4 Å². The summed E-state index contributed by atoms with van der Waals surface area (Å²) in [6, 6.07) is 61.9. The summed E-state index contributed by atoms with van der Waals surface area (Å²) in [5, 5.41) is 6.43. The first-order valence-electron chi connectivity index (χ1n) is 18.4. The molecule has 8 aromatic carbocycles. The van der Waals surface area contributed by atoms with Crippen LogP contribution < -0.4 is 0 Å². The van der Waals surface area contributed by atoms with Crippen LogP contribution in [0.25, 0.3) is 116 Å². The lowest BCUT2D eigenvalue weighted by Crippen LogP contribution is -1.87. The van der Waals surface area contributed by atoms with Crippen molar-refractivity contribution in [1.29, 1.82) is 0 Å². The first-order valence-corrected chi connectivity index (χ1v) is 20.8. The van der Waals surface area contributed by atoms with Crippen molar-refractivity contribution in [3.05, 3.63) is 170 Å². The molecule has 0 spiro atoms. The van der Waals surface area contributed by atoms with E-state index in [1.54, 1.807) is 11.3 Å². The second-order valence-corrected chi connectivity index (χ2v) is 17.3. The first-order chi connectivity index (χ1) is 27.2. The Labute approximate surface area is 328 Å². The zero-order valence-electron chi connectivity index (χ0n) is 29.3. The summed E-state index contributed by atoms with van der Waals surface area (Å²) in [7, 11) is 0. The Hall–Kier alpha value is -6.24. The van der Waals surface area contributed by atoms with E-state index >= 15 is 0 Å². The van der Waals surface area contributed by atoms with Crippen molar-refractivity contribution >= 4 is 106 Å². The third-order valence-electron chi connectivity index (χ3n) is 10.9. The molecule has 55 heavy (non-hydrogen) atoms. The Morgan fingerprint density at radius 1 is 0.309 bits per heavy atom. The molecule has 0 fully saturated rings. The third-order valence-corrected chi connectivity index (χ3v) is 14.4. The van der Waals surface area contributed by atoms with E-state index in [0.29, 0.717) is 0 Å². The average Bonchev–Trinajstić information content (AvgIpc) is 3.93. The molecule has 2 nitrogen and oxygen atoms in total. The predicted molar refractivity (Wildman–Crippen MR) is 240 cm³/mol. The monoisotopic (exact) mass is 752 g/mol. The minimum atomic E-state index is 0.908. The Morgan fingerprint density at radius 3 is 1.47 bits per heavy atom. The van der Waals surface area contributed by atoms with Crippen LogP contribution >= 0.6 is 34.0 Å². The van der Waals surface area contributed by atoms with Gasteiger partial charge in [-0.2, -0.15) is 0 Å². The molecule has 0 radical (unpaired) electrons. The van der Waals surface area contributed by atoms with E-state index in [2.05, 4.69) is 170 Å². The molecular formula is C50H28N2S3. The van der Waals surface area contributed by atoms with Gasteiger partial charge >= 0.3 is 0 Å². The van der Waals surface area contributed by atoms with Crippen molar-refractivity contribution < 1.29 is 0 Å². The van der Waals surface area contributed by atoms with E-state index < -0.39 is 0 Å². The van der Waals surface area contributed by atoms with Crippen molar-refractivity contribution in [2.24, 2.45) is 0 Å². The first kappa shape index (κ1) is 31.1. The van der Waals surface area contributed by atoms with E-state index in [0.717, 1.165) is 32.3 Å². The Bertz CT molecular complexity index is 3510. The Balaban J connectivity index is 0.934. The smallest absolute Gasteiger partial charge is 0.143 e. The van der Waals surface area contributed by atoms with E-state index in [1.165, 1.54) is 84.0 Å². The minimum Gasteiger partial charge on any atom is -0.243 e. The van der Waals surface area contributed by atoms with Crippen molar-refractivity contribution in [2.75, 3.05) is 0 Å². The standard InChI is InChI=1S/C50H28N2S3/c1-3-19-44-37(13-1)39-17-7-15-35(48(39)53-44)33-11-5-9-29(25-33)31-22-24-46-41(27-31)47-50(55-46)52-42-23-21-32(28-43(42)51-47)30-10-6-12-34(26-30)36-16-8-18-40-38-14-2-4-20-45(38)54-49(36)40/h1-28H. The largest absolute Gasteiger partial charge is 0.243 e. The van der Waals surface area contributed by atoms with Crippen LogP contribution in [0.3, 0.4) is 0 Å². The molecule has 0 unspecified atom stereocenters. The molecule has 0 N–H and O–H groups in total. The summed E-state index contributed by atoms with van der Waals surface area (Å²) in [4.78, 5) is 11.4. The molecule has 12 rings (SSSR count). The highest BCUT2D eigenvalue weighted by molar-refractivity contribution is 7.27. The van der Waals surface area contributed by atoms with Crippen molar-refractivity contribution in [3.8, 4) is 44.5 Å². The number of rotatable bonds is 4. The minimum absolute atomic E-state index is 0.908. The van der Waals surface area contributed by atoms with Crippen molar-refractivity contribution in [1.82, 2.24) is 9.97 Å². The molecule has 0 atom stereocenters. The number of fused-ring (bicyclic) bond motifs is 10. The number of aromatic nitrogens is 2. The number of hydrogen-bond acceptors (Lipinski definition) is 5. The summed E-state index contributed by atoms with van der Waals surface area (Å²) in [6.45, 7) is 0. The van der Waals surface area contributed by atoms with Crippen LogP contribution in [-0.4, -0.2) is 9.97 Å². The summed E-state index contributed by atoms with van der Waals surface area (Å²) >= 11 is 5.46. The second-order valence-electron chi connectivity index (χ2n) is 14.1. The van der Waals surface area contributed by atoms with E-state index in [-0.39, 0.29) is 0 Å². The Morgan fingerprint density at radius 2 is 0.818 bits per heavy atom. The van der Waals surface area contributed by atoms with Gasteiger partial charge in [0.15, 0.2) is 0 Å². The van der Waals surface area contributed by atoms with Crippen LogP contribution in [0.1, 0.15) is 0 Å². The predicted octanol–water partition coefficient (Wildman–Crippen LogP) is 15.4. The molecule has 0 saturated carbocycles. The van der Waals surface area contributed by atoms with Crippen LogP contribution in [0, 0.1) is 0 Å². The number of benzene rings is 8. The molecule has 256 valence electrons. The lowest BCUT2D eigenvalue weighted by Gasteiger charge is -2.09. The van der Waals surface area contributed by atoms with Gasteiger partial charge in [0.05, 0.1) is 11.0 Å². The van der Waals surface area contributed by atoms with Crippen LogP contribution in [0.15, 0.2) is 170 Å². The highest BCUT2D eigenvalue weighted by Gasteiger charge is 2.15. The topological polar surface area (TPSA) is 25.8 Å². The average molecular weight is 753 g/mol. The number of hydrogen-bond donors (Lipinski definition) is 0. The van der Waals surface area contributed by atoms with Gasteiger partial charge in [-0.3, -0.25) is 0 Å². The number of nitrogens with zero attached hydrogens (tertiary/aromatic N) is 2. The SMILES string of the molecule is c1cc(-c2ccc3nc4sc5ccc(-c6cccc(-c7cccc8c7sc7ccccc78)c6)cc5c4nc3c2)cc(-c2cccc3c2sc2ccccc23)c1. The molecule has 0 aliphatic carbocycles. The Kier molecular flexibility index (Phi) is 6.87. The van der Waals surface area contributed by atoms with E-state index in [1.807, 2.05) is 22.7 Å². The zero-order chi connectivity index (χ0) is 36.0. The maximum absolute atomic E-state index is 5.30. The lowest BCUT2D eigenvalue weighted by atomic mass is 9.97. The second kappa shape index (κ2) is 12.1. The third kappa shape index (κ3) is 4.98. The fraction of sp³-hybridized carbons (Fsp3) is 0. The number of thiophene rings is 3. The van der Waals surface area contributed by atoms with Gasteiger partial charge in [-0.15, -0.1) is 34.0 Å². The van der Waals surface area contributed by atoms with E-state index in [4.69, 9.17) is 9.97 Å². The highest BCUT2D eigenvalue weighted by Crippen LogP contribution is 2.43. The fourth-order valence-electron chi connectivity index (χ4n) is 8.23. The maximum Gasteiger partial charge on any atom is 0.143 e. The highest BCUT2D eigenvalue weighted by atomic mass is 32.1. The van der Waals surface area contributed by atoms with Gasteiger partial charge in [0.2, 0.25) is 0 Å². The zero-order valence-corrected chi connectivity index (χ0v) is 31.7. The quantitative estimate of drug-likeness (QED) is 0.179. The van der Waals surface area contributed by atoms with Crippen LogP contribution in [-0.2, 0) is 0 Å². The van der Waals surface area contributed by atoms with Crippen LogP contribution in [0.5, 0.6) is 0 Å². The molecule has 4 heterocycles. The summed E-state index contributed by atoms with van der Waals surface area (Å²) in [6.07, 6.45) is 0. The molecule has 5 heteroatoms. The van der Waals surface area contributed by atoms with Crippen LogP contribution in [0.2, 0.25) is 0 Å². The van der Waals surface area contributed by atoms with Gasteiger partial charge in [-0.05, 0) is 93.0 Å². The molecule has 4 aromatic heterocycles.